The van der Waals surface area contributed by atoms with Crippen molar-refractivity contribution in [2.24, 2.45) is 0 Å². The second kappa shape index (κ2) is 5.87. The summed E-state index contributed by atoms with van der Waals surface area (Å²) in [5.41, 5.74) is 7.40. The predicted octanol–water partition coefficient (Wildman–Crippen LogP) is 1.44. The Labute approximate surface area is 127 Å². The second-order valence-electron chi connectivity index (χ2n) is 5.02. The van der Waals surface area contributed by atoms with Crippen LogP contribution >= 0.6 is 0 Å². The number of hydrogen-bond acceptors (Lipinski definition) is 5. The molecule has 1 atom stereocenters. The van der Waals surface area contributed by atoms with Crippen LogP contribution in [0.5, 0.6) is 0 Å². The van der Waals surface area contributed by atoms with Gasteiger partial charge in [0.05, 0.1) is 11.9 Å². The standard InChI is InChI=1S/C15H15N5O2/c16-8-10-9-20(19-14(10)17)12-5-3-11(4-6-12)18-15(21)13-2-1-7-22-13/h3-6,9,13H,1-2,7H2,(H2,17,19)(H,18,21)/t13-/m0/s1. The van der Waals surface area contributed by atoms with Gasteiger partial charge in [-0.2, -0.15) is 5.26 Å². The van der Waals surface area contributed by atoms with Crippen LogP contribution in [0, 0.1) is 11.3 Å². The Hall–Kier alpha value is -2.85. The van der Waals surface area contributed by atoms with Gasteiger partial charge >= 0.3 is 0 Å². The summed E-state index contributed by atoms with van der Waals surface area (Å²) in [4.78, 5) is 12.0. The number of rotatable bonds is 3. The third-order valence-corrected chi connectivity index (χ3v) is 3.48. The van der Waals surface area contributed by atoms with E-state index in [0.29, 0.717) is 17.9 Å². The van der Waals surface area contributed by atoms with Gasteiger partial charge in [-0.3, -0.25) is 4.79 Å². The minimum Gasteiger partial charge on any atom is -0.381 e. The van der Waals surface area contributed by atoms with E-state index in [1.165, 1.54) is 4.68 Å². The van der Waals surface area contributed by atoms with Gasteiger partial charge in [-0.05, 0) is 37.1 Å². The molecule has 0 spiro atoms. The molecule has 1 saturated heterocycles. The van der Waals surface area contributed by atoms with Crippen molar-refractivity contribution in [1.29, 1.82) is 5.26 Å². The number of aromatic nitrogens is 2. The number of ether oxygens (including phenoxy) is 1. The van der Waals surface area contributed by atoms with E-state index >= 15 is 0 Å². The lowest BCUT2D eigenvalue weighted by Gasteiger charge is -2.10. The quantitative estimate of drug-likeness (QED) is 0.891. The number of nitrogens with one attached hydrogen (secondary N) is 1. The van der Waals surface area contributed by atoms with Crippen molar-refractivity contribution in [3.8, 4) is 11.8 Å². The van der Waals surface area contributed by atoms with Gasteiger partial charge in [0, 0.05) is 12.3 Å². The van der Waals surface area contributed by atoms with Crippen molar-refractivity contribution in [3.05, 3.63) is 36.0 Å². The monoisotopic (exact) mass is 297 g/mol. The average Bonchev–Trinajstić information content (AvgIpc) is 3.17. The molecule has 7 heteroatoms. The van der Waals surface area contributed by atoms with Gasteiger partial charge in [0.1, 0.15) is 17.7 Å². The Balaban J connectivity index is 1.72. The average molecular weight is 297 g/mol. The second-order valence-corrected chi connectivity index (χ2v) is 5.02. The van der Waals surface area contributed by atoms with Crippen LogP contribution in [0.2, 0.25) is 0 Å². The van der Waals surface area contributed by atoms with Crippen molar-refractivity contribution in [3.63, 3.8) is 0 Å². The Morgan fingerprint density at radius 1 is 1.45 bits per heavy atom. The number of hydrogen-bond donors (Lipinski definition) is 2. The van der Waals surface area contributed by atoms with Crippen molar-refractivity contribution in [2.45, 2.75) is 18.9 Å². The molecule has 3 rings (SSSR count). The normalized spacial score (nSPS) is 17.1. The van der Waals surface area contributed by atoms with Gasteiger partial charge in [0.2, 0.25) is 0 Å². The molecular formula is C15H15N5O2. The highest BCUT2D eigenvalue weighted by Crippen LogP contribution is 2.18. The molecule has 1 aliphatic rings. The first-order valence-electron chi connectivity index (χ1n) is 6.95. The van der Waals surface area contributed by atoms with E-state index in [1.807, 2.05) is 6.07 Å². The third kappa shape index (κ3) is 2.77. The molecule has 1 aromatic heterocycles. The summed E-state index contributed by atoms with van der Waals surface area (Å²) in [6.45, 7) is 0.638. The molecule has 0 bridgehead atoms. The summed E-state index contributed by atoms with van der Waals surface area (Å²) >= 11 is 0. The maximum absolute atomic E-state index is 12.0. The minimum absolute atomic E-state index is 0.125. The van der Waals surface area contributed by atoms with Gasteiger partial charge in [-0.15, -0.1) is 5.10 Å². The number of nitrogens with two attached hydrogens (primary N) is 1. The van der Waals surface area contributed by atoms with Crippen LogP contribution in [0.1, 0.15) is 18.4 Å². The Morgan fingerprint density at radius 2 is 2.23 bits per heavy atom. The summed E-state index contributed by atoms with van der Waals surface area (Å²) in [5.74, 6) is 0.0682. The van der Waals surface area contributed by atoms with E-state index in [-0.39, 0.29) is 17.8 Å². The minimum atomic E-state index is -0.358. The molecule has 2 aromatic rings. The van der Waals surface area contributed by atoms with Crippen molar-refractivity contribution < 1.29 is 9.53 Å². The van der Waals surface area contributed by atoms with Crippen molar-refractivity contribution in [1.82, 2.24) is 9.78 Å². The first kappa shape index (κ1) is 14.1. The van der Waals surface area contributed by atoms with Crippen molar-refractivity contribution in [2.75, 3.05) is 17.7 Å². The van der Waals surface area contributed by atoms with Crippen LogP contribution < -0.4 is 11.1 Å². The summed E-state index contributed by atoms with van der Waals surface area (Å²) in [6.07, 6.45) is 2.88. The lowest BCUT2D eigenvalue weighted by Crippen LogP contribution is -2.26. The topological polar surface area (TPSA) is 106 Å². The molecule has 2 heterocycles. The van der Waals surface area contributed by atoms with E-state index in [0.717, 1.165) is 18.5 Å². The molecule has 0 aliphatic carbocycles. The van der Waals surface area contributed by atoms with Gasteiger partial charge in [0.15, 0.2) is 5.82 Å². The maximum Gasteiger partial charge on any atom is 0.253 e. The molecule has 1 aliphatic heterocycles. The molecule has 0 unspecified atom stereocenters. The number of amides is 1. The Morgan fingerprint density at radius 3 is 2.82 bits per heavy atom. The number of carbonyl (C=O) groups is 1. The Kier molecular flexibility index (Phi) is 3.76. The summed E-state index contributed by atoms with van der Waals surface area (Å²) < 4.78 is 6.86. The van der Waals surface area contributed by atoms with E-state index < -0.39 is 0 Å². The molecule has 1 aromatic carbocycles. The molecule has 0 radical (unpaired) electrons. The van der Waals surface area contributed by atoms with Gasteiger partial charge in [-0.1, -0.05) is 0 Å². The zero-order chi connectivity index (χ0) is 15.5. The molecule has 112 valence electrons. The van der Waals surface area contributed by atoms with Gasteiger partial charge in [0.25, 0.3) is 5.91 Å². The summed E-state index contributed by atoms with van der Waals surface area (Å²) in [7, 11) is 0. The molecule has 1 fully saturated rings. The number of benzene rings is 1. The van der Waals surface area contributed by atoms with Crippen LogP contribution in [0.25, 0.3) is 5.69 Å². The zero-order valence-corrected chi connectivity index (χ0v) is 11.8. The van der Waals surface area contributed by atoms with Gasteiger partial charge in [-0.25, -0.2) is 4.68 Å². The van der Waals surface area contributed by atoms with E-state index in [2.05, 4.69) is 10.4 Å². The van der Waals surface area contributed by atoms with Crippen LogP contribution in [0.4, 0.5) is 11.5 Å². The molecule has 3 N–H and O–H groups in total. The van der Waals surface area contributed by atoms with Crippen LogP contribution in [-0.4, -0.2) is 28.4 Å². The highest BCUT2D eigenvalue weighted by molar-refractivity contribution is 5.94. The summed E-state index contributed by atoms with van der Waals surface area (Å²) in [5, 5.41) is 15.8. The van der Waals surface area contributed by atoms with E-state index in [1.54, 1.807) is 30.5 Å². The first-order chi connectivity index (χ1) is 10.7. The predicted molar refractivity (Wildman–Crippen MR) is 80.3 cm³/mol. The smallest absolute Gasteiger partial charge is 0.253 e. The molecule has 22 heavy (non-hydrogen) atoms. The largest absolute Gasteiger partial charge is 0.381 e. The zero-order valence-electron chi connectivity index (χ0n) is 11.8. The van der Waals surface area contributed by atoms with Crippen LogP contribution in [0.3, 0.4) is 0 Å². The third-order valence-electron chi connectivity index (χ3n) is 3.48. The highest BCUT2D eigenvalue weighted by atomic mass is 16.5. The maximum atomic E-state index is 12.0. The number of nitrogen functional groups attached to an aromatic ring is 1. The molecule has 0 saturated carbocycles. The fourth-order valence-corrected chi connectivity index (χ4v) is 2.31. The Bertz CT molecular complexity index is 723. The fourth-order valence-electron chi connectivity index (χ4n) is 2.31. The highest BCUT2D eigenvalue weighted by Gasteiger charge is 2.23. The SMILES string of the molecule is N#Cc1cn(-c2ccc(NC(=O)[C@@H]3CCCO3)cc2)nc1N. The number of nitriles is 1. The van der Waals surface area contributed by atoms with Crippen LogP contribution in [0.15, 0.2) is 30.5 Å². The van der Waals surface area contributed by atoms with E-state index in [4.69, 9.17) is 15.7 Å². The molecule has 1 amide bonds. The first-order valence-corrected chi connectivity index (χ1v) is 6.95. The van der Waals surface area contributed by atoms with Crippen LogP contribution in [-0.2, 0) is 9.53 Å². The molecular weight excluding hydrogens is 282 g/mol. The van der Waals surface area contributed by atoms with Crippen molar-refractivity contribution >= 4 is 17.4 Å². The van der Waals surface area contributed by atoms with E-state index in [9.17, 15) is 4.79 Å². The fraction of sp³-hybridized carbons (Fsp3) is 0.267. The molecule has 7 nitrogen and oxygen atoms in total. The van der Waals surface area contributed by atoms with Gasteiger partial charge < -0.3 is 15.8 Å². The number of nitrogens with zero attached hydrogens (tertiary/aromatic N) is 3. The number of carbonyl (C=O) groups excluding carboxylic acids is 1. The lowest BCUT2D eigenvalue weighted by molar-refractivity contribution is -0.124. The lowest BCUT2D eigenvalue weighted by atomic mass is 10.2. The number of anilines is 2. The summed E-state index contributed by atoms with van der Waals surface area (Å²) in [6, 6.07) is 9.10.